The average Bonchev–Trinajstić information content (AvgIpc) is 2.26. The van der Waals surface area contributed by atoms with E-state index in [0.29, 0.717) is 0 Å². The van der Waals surface area contributed by atoms with Crippen LogP contribution in [0.4, 0.5) is 22.0 Å². The molecule has 0 fully saturated rings. The summed E-state index contributed by atoms with van der Waals surface area (Å²) in [6.07, 6.45) is 0. The van der Waals surface area contributed by atoms with Gasteiger partial charge >= 0.3 is 7.82 Å². The van der Waals surface area contributed by atoms with Crippen molar-refractivity contribution in [1.29, 1.82) is 0 Å². The van der Waals surface area contributed by atoms with Gasteiger partial charge in [0.15, 0.2) is 23.3 Å². The highest BCUT2D eigenvalue weighted by Crippen LogP contribution is 2.68. The topological polar surface area (TPSA) is 87.0 Å². The summed E-state index contributed by atoms with van der Waals surface area (Å²) in [7, 11) is -5.32. The largest absolute Gasteiger partial charge is 0.475 e. The van der Waals surface area contributed by atoms with Gasteiger partial charge in [-0.3, -0.25) is 0 Å². The number of rotatable bonds is 4. The van der Waals surface area contributed by atoms with Gasteiger partial charge in [0.1, 0.15) is 0 Å². The van der Waals surface area contributed by atoms with E-state index >= 15 is 0 Å². The molecule has 0 saturated carbocycles. The monoisotopic (exact) mass is 376 g/mol. The zero-order valence-corrected chi connectivity index (χ0v) is 12.2. The van der Waals surface area contributed by atoms with Crippen molar-refractivity contribution in [2.24, 2.45) is 0 Å². The van der Waals surface area contributed by atoms with Crippen LogP contribution < -0.4 is 0 Å². The summed E-state index contributed by atoms with van der Waals surface area (Å²) >= 11 is 3.59. The van der Waals surface area contributed by atoms with Gasteiger partial charge in [0, 0.05) is 0 Å². The minimum atomic E-state index is -5.32. The number of hydrogen-bond acceptors (Lipinski definition) is 4. The molecule has 1 unspecified atom stereocenters. The van der Waals surface area contributed by atoms with E-state index in [2.05, 4.69) is 16.1 Å². The van der Waals surface area contributed by atoms with E-state index in [1.165, 1.54) is 0 Å². The Kier molecular flexibility index (Phi) is 5.37. The first kappa shape index (κ1) is 18.0. The summed E-state index contributed by atoms with van der Waals surface area (Å²) in [6, 6.07) is 0. The first-order valence-corrected chi connectivity index (χ1v) is 9.79. The molecule has 5 nitrogen and oxygen atoms in total. The SMILES string of the molecule is O=P(O)(O)OP(O)(=S)Sc1c(F)c(F)c(F)c(F)c1F. The van der Waals surface area contributed by atoms with Gasteiger partial charge in [-0.25, -0.2) is 30.8 Å². The van der Waals surface area contributed by atoms with Crippen molar-refractivity contribution in [3.63, 3.8) is 0 Å². The molecule has 114 valence electrons. The highest BCUT2D eigenvalue weighted by atomic mass is 32.9. The standard InChI is InChI=1S/C6H3F5O5P2S2/c7-1-2(8)4(10)6(5(11)3(1)9)20-18(15,19)16-17(12,13)14/h(H,15,19)(H2,12,13,14). The van der Waals surface area contributed by atoms with Crippen LogP contribution in [0, 0.1) is 29.1 Å². The fourth-order valence-corrected chi connectivity index (χ4v) is 6.42. The maximum absolute atomic E-state index is 13.2. The van der Waals surface area contributed by atoms with Crippen LogP contribution >= 0.6 is 24.9 Å². The van der Waals surface area contributed by atoms with Gasteiger partial charge in [0.25, 0.3) is 5.69 Å². The Morgan fingerprint density at radius 3 is 1.60 bits per heavy atom. The van der Waals surface area contributed by atoms with Crippen LogP contribution in [0.3, 0.4) is 0 Å². The molecule has 3 N–H and O–H groups in total. The first-order valence-electron chi connectivity index (χ1n) is 4.16. The minimum absolute atomic E-state index is 0.567. The Balaban J connectivity index is 3.30. The minimum Gasteiger partial charge on any atom is -0.337 e. The van der Waals surface area contributed by atoms with E-state index in [-0.39, 0.29) is 0 Å². The summed E-state index contributed by atoms with van der Waals surface area (Å²) in [5.74, 6) is -11.6. The number of halogens is 5. The molecule has 14 heteroatoms. The van der Waals surface area contributed by atoms with E-state index in [9.17, 15) is 31.4 Å². The third kappa shape index (κ3) is 4.22. The van der Waals surface area contributed by atoms with Crippen molar-refractivity contribution in [3.8, 4) is 0 Å². The predicted octanol–water partition coefficient (Wildman–Crippen LogP) is 2.80. The predicted molar refractivity (Wildman–Crippen MR) is 61.7 cm³/mol. The Morgan fingerprint density at radius 1 is 0.900 bits per heavy atom. The second-order valence-corrected chi connectivity index (χ2v) is 10.4. The molecule has 0 aliphatic carbocycles. The van der Waals surface area contributed by atoms with Gasteiger partial charge in [-0.1, -0.05) is 0 Å². The molecule has 0 aliphatic heterocycles. The van der Waals surface area contributed by atoms with Crippen LogP contribution in [0.1, 0.15) is 0 Å². The third-order valence-corrected chi connectivity index (χ3v) is 7.14. The van der Waals surface area contributed by atoms with Crippen molar-refractivity contribution < 1.29 is 45.5 Å². The molecule has 0 bridgehead atoms. The van der Waals surface area contributed by atoms with Crippen LogP contribution in [0.5, 0.6) is 0 Å². The Bertz CT molecular complexity index is 620. The summed E-state index contributed by atoms with van der Waals surface area (Å²) in [6.45, 7) is 0. The van der Waals surface area contributed by atoms with Crippen molar-refractivity contribution >= 4 is 36.7 Å². The quantitative estimate of drug-likeness (QED) is 0.322. The van der Waals surface area contributed by atoms with Crippen molar-refractivity contribution in [2.75, 3.05) is 0 Å². The smallest absolute Gasteiger partial charge is 0.337 e. The van der Waals surface area contributed by atoms with Gasteiger partial charge in [-0.05, 0) is 23.2 Å². The molecule has 1 atom stereocenters. The lowest BCUT2D eigenvalue weighted by molar-refractivity contribution is 0.285. The van der Waals surface area contributed by atoms with E-state index in [0.717, 1.165) is 0 Å². The molecule has 0 radical (unpaired) electrons. The van der Waals surface area contributed by atoms with Crippen LogP contribution in [-0.2, 0) is 20.7 Å². The second-order valence-electron chi connectivity index (χ2n) is 3.03. The molecule has 1 rings (SSSR count). The van der Waals surface area contributed by atoms with Gasteiger partial charge in [-0.15, -0.1) is 0 Å². The van der Waals surface area contributed by atoms with Gasteiger partial charge < -0.3 is 14.7 Å². The zero-order valence-electron chi connectivity index (χ0n) is 8.76. The highest BCUT2D eigenvalue weighted by Gasteiger charge is 2.33. The third-order valence-electron chi connectivity index (χ3n) is 1.59. The number of benzene rings is 1. The van der Waals surface area contributed by atoms with E-state index in [1.54, 1.807) is 0 Å². The average molecular weight is 376 g/mol. The van der Waals surface area contributed by atoms with Gasteiger partial charge in [-0.2, -0.15) is 0 Å². The lowest BCUT2D eigenvalue weighted by Crippen LogP contribution is -2.03. The second kappa shape index (κ2) is 5.98. The molecular formula is C6H3F5O5P2S2. The fourth-order valence-electron chi connectivity index (χ4n) is 0.931. The summed E-state index contributed by atoms with van der Waals surface area (Å²) in [5, 5.41) is 0. The van der Waals surface area contributed by atoms with Gasteiger partial charge in [0.05, 0.1) is 4.90 Å². The highest BCUT2D eigenvalue weighted by molar-refractivity contribution is 8.68. The van der Waals surface area contributed by atoms with Crippen molar-refractivity contribution in [3.05, 3.63) is 29.1 Å². The lowest BCUT2D eigenvalue weighted by atomic mass is 10.3. The Morgan fingerprint density at radius 2 is 1.25 bits per heavy atom. The molecule has 0 spiro atoms. The summed E-state index contributed by atoms with van der Waals surface area (Å²) in [4.78, 5) is 24.5. The van der Waals surface area contributed by atoms with E-state index < -0.39 is 58.9 Å². The van der Waals surface area contributed by atoms with Crippen molar-refractivity contribution in [1.82, 2.24) is 0 Å². The van der Waals surface area contributed by atoms with E-state index in [1.807, 2.05) is 0 Å². The number of hydrogen-bond donors (Lipinski definition) is 3. The molecule has 20 heavy (non-hydrogen) atoms. The molecule has 0 amide bonds. The first-order chi connectivity index (χ1) is 8.86. The van der Waals surface area contributed by atoms with Crippen LogP contribution in [0.25, 0.3) is 0 Å². The molecular weight excluding hydrogens is 373 g/mol. The molecule has 0 aromatic heterocycles. The Hall–Kier alpha value is -0.0600. The molecule has 1 aromatic rings. The lowest BCUT2D eigenvalue weighted by Gasteiger charge is -2.16. The molecule has 0 saturated heterocycles. The maximum atomic E-state index is 13.2. The summed E-state index contributed by atoms with van der Waals surface area (Å²) in [5.41, 5.74) is -4.59. The van der Waals surface area contributed by atoms with Crippen LogP contribution in [0.15, 0.2) is 4.90 Å². The number of phosphoric acid groups is 1. The van der Waals surface area contributed by atoms with Crippen LogP contribution in [-0.4, -0.2) is 14.7 Å². The summed E-state index contributed by atoms with van der Waals surface area (Å²) < 4.78 is 79.0. The molecule has 0 heterocycles. The Labute approximate surface area is 116 Å². The van der Waals surface area contributed by atoms with Crippen LogP contribution in [0.2, 0.25) is 0 Å². The normalized spacial score (nSPS) is 15.2. The molecule has 1 aromatic carbocycles. The fraction of sp³-hybridized carbons (Fsp3) is 0. The van der Waals surface area contributed by atoms with Crippen molar-refractivity contribution in [2.45, 2.75) is 4.90 Å². The maximum Gasteiger partial charge on any atom is 0.475 e. The van der Waals surface area contributed by atoms with Gasteiger partial charge in [0.2, 0.25) is 5.82 Å². The molecule has 0 aliphatic rings. The zero-order chi connectivity index (χ0) is 15.9. The van der Waals surface area contributed by atoms with E-state index in [4.69, 9.17) is 9.79 Å².